The molecule has 0 amide bonds. The van der Waals surface area contributed by atoms with E-state index in [1.165, 1.54) is 89.6 Å². The fourth-order valence-corrected chi connectivity index (χ4v) is 10.2. The maximum Gasteiger partial charge on any atom is 0.0543 e. The molecule has 2 aliphatic heterocycles. The van der Waals surface area contributed by atoms with Gasteiger partial charge in [0.05, 0.1) is 22.9 Å². The van der Waals surface area contributed by atoms with Crippen LogP contribution < -0.4 is 22.2 Å². The molecule has 0 bridgehead atoms. The molecule has 0 saturated carbocycles. The van der Waals surface area contributed by atoms with Gasteiger partial charge < -0.3 is 31.6 Å². The zero-order chi connectivity index (χ0) is 51.4. The third-order valence-corrected chi connectivity index (χ3v) is 13.8. The van der Waals surface area contributed by atoms with Crippen LogP contribution in [0.15, 0.2) is 217 Å². The molecule has 11 aromatic carbocycles. The number of halogens is 2. The zero-order valence-corrected chi connectivity index (χ0v) is 45.0. The van der Waals surface area contributed by atoms with Gasteiger partial charge in [0.25, 0.3) is 0 Å². The Balaban J connectivity index is 0.000000119. The van der Waals surface area contributed by atoms with Crippen LogP contribution in [0.1, 0.15) is 24.0 Å². The first kappa shape index (κ1) is 52.1. The van der Waals surface area contributed by atoms with E-state index in [1.807, 2.05) is 54.6 Å². The van der Waals surface area contributed by atoms with Crippen LogP contribution in [0.3, 0.4) is 0 Å². The second-order valence-corrected chi connectivity index (χ2v) is 18.6. The van der Waals surface area contributed by atoms with E-state index in [2.05, 4.69) is 192 Å². The maximum absolute atomic E-state index is 8.93. The number of ether oxygens (including phenoxy) is 1. The molecule has 0 spiro atoms. The quantitative estimate of drug-likeness (QED) is 0.0510. The minimum absolute atomic E-state index is 0.513. The smallest absolute Gasteiger partial charge is 0.0543 e. The van der Waals surface area contributed by atoms with Gasteiger partial charge in [-0.05, 0) is 110 Å². The molecule has 0 unspecified atom stereocenters. The summed E-state index contributed by atoms with van der Waals surface area (Å²) in [4.78, 5) is 0. The number of nitrogens with one attached hydrogen (secondary N) is 1. The van der Waals surface area contributed by atoms with Crippen molar-refractivity contribution in [2.24, 2.45) is 0 Å². The molecule has 7 N–H and O–H groups in total. The van der Waals surface area contributed by atoms with Crippen LogP contribution in [0.5, 0.6) is 0 Å². The number of nitrogens with two attached hydrogens (primary N) is 2. The molecule has 14 rings (SSSR count). The first-order chi connectivity index (χ1) is 36.3. The van der Waals surface area contributed by atoms with Crippen LogP contribution in [0.2, 0.25) is 0 Å². The van der Waals surface area contributed by atoms with Crippen molar-refractivity contribution in [3.05, 3.63) is 234 Å². The van der Waals surface area contributed by atoms with E-state index in [1.54, 1.807) is 38.6 Å². The van der Waals surface area contributed by atoms with Crippen LogP contribution in [0, 0.1) is 6.08 Å². The molecule has 2 heterocycles. The number of rotatable bonds is 2. The van der Waals surface area contributed by atoms with Crippen LogP contribution >= 0.6 is 36.3 Å². The predicted molar refractivity (Wildman–Crippen MR) is 325 cm³/mol. The van der Waals surface area contributed by atoms with Crippen molar-refractivity contribution in [2.45, 2.75) is 12.8 Å². The Labute approximate surface area is 460 Å². The molecular weight excluding hydrogens is 1140 g/mol. The van der Waals surface area contributed by atoms with E-state index >= 15 is 0 Å². The summed E-state index contributed by atoms with van der Waals surface area (Å²) in [7, 11) is -1.39. The number of nitrogen functional groups attached to an aromatic ring is 2. The van der Waals surface area contributed by atoms with E-state index < -0.39 is 7.12 Å². The van der Waals surface area contributed by atoms with E-state index in [0.717, 1.165) is 51.0 Å². The summed E-state index contributed by atoms with van der Waals surface area (Å²) < 4.78 is 6.00. The van der Waals surface area contributed by atoms with Crippen molar-refractivity contribution in [3.8, 4) is 22.3 Å². The average molecular weight is 1190 g/mol. The SMILES string of the molecule is C1CCOC1.Nc1cccc2cccc(-c3ccc4ccccc4c3)c12.Nc1cccc2cccc(Br)c12.OB(O)c1ccc2c(c1)C=C[C+]=C2.[Cu][I].c1ccc2c3c(ccc2c1)-c1cccc2cccc(c12)N3. The number of hydrogen-bond acceptors (Lipinski definition) is 6. The topological polar surface area (TPSA) is 114 Å². The number of anilines is 4. The number of benzene rings is 11. The molecule has 11 aromatic rings. The zero-order valence-electron chi connectivity index (χ0n) is 40.3. The largest absolute Gasteiger partial charge is 0.354 e. The summed E-state index contributed by atoms with van der Waals surface area (Å²) in [5.41, 5.74) is 23.7. The summed E-state index contributed by atoms with van der Waals surface area (Å²) in [5.74, 6) is 0. The Morgan fingerprint density at radius 1 is 0.527 bits per heavy atom. The minimum atomic E-state index is -1.39. The monoisotopic (exact) mass is 1190 g/mol. The van der Waals surface area contributed by atoms with E-state index in [4.69, 9.17) is 26.3 Å². The summed E-state index contributed by atoms with van der Waals surface area (Å²) in [6.07, 6.45) is 11.1. The summed E-state index contributed by atoms with van der Waals surface area (Å²) in [6, 6.07) is 70.7. The van der Waals surface area contributed by atoms with Crippen LogP contribution in [0.25, 0.3) is 88.3 Å². The van der Waals surface area contributed by atoms with Crippen LogP contribution in [0.4, 0.5) is 22.7 Å². The average Bonchev–Trinajstić information content (AvgIpc) is 4.06. The van der Waals surface area contributed by atoms with E-state index in [-0.39, 0.29) is 0 Å². The van der Waals surface area contributed by atoms with Crippen molar-refractivity contribution >= 4 is 138 Å². The second kappa shape index (κ2) is 24.9. The molecule has 0 radical (unpaired) electrons. The molecule has 6 nitrogen and oxygen atoms in total. The predicted octanol–water partition coefficient (Wildman–Crippen LogP) is 16.0. The molecule has 10 heteroatoms. The van der Waals surface area contributed by atoms with Crippen LogP contribution in [-0.2, 0) is 17.5 Å². The molecule has 368 valence electrons. The summed E-state index contributed by atoms with van der Waals surface area (Å²) >= 11 is 9.34. The van der Waals surface area contributed by atoms with Crippen molar-refractivity contribution in [1.29, 1.82) is 0 Å². The third kappa shape index (κ3) is 11.9. The molecular formula is C64H52BBrCuIN3O3+. The van der Waals surface area contributed by atoms with Gasteiger partial charge in [-0.3, -0.25) is 0 Å². The maximum atomic E-state index is 8.93. The third-order valence-electron chi connectivity index (χ3n) is 13.1. The fourth-order valence-electron chi connectivity index (χ4n) is 9.54. The first-order valence-corrected chi connectivity index (χ1v) is 28.1. The van der Waals surface area contributed by atoms with Gasteiger partial charge in [-0.2, -0.15) is 0 Å². The van der Waals surface area contributed by atoms with E-state index in [0.29, 0.717) is 5.46 Å². The Kier molecular flexibility index (Phi) is 17.5. The Bertz CT molecular complexity index is 3730. The summed E-state index contributed by atoms with van der Waals surface area (Å²) in [5, 5.41) is 33.8. The van der Waals surface area contributed by atoms with Gasteiger partial charge in [-0.25, -0.2) is 0 Å². The molecule has 1 saturated heterocycles. The minimum Gasteiger partial charge on any atom is -0.354 e. The van der Waals surface area contributed by atoms with E-state index in [9.17, 15) is 0 Å². The normalized spacial score (nSPS) is 12.1. The molecule has 3 aliphatic rings. The van der Waals surface area contributed by atoms with Crippen LogP contribution in [-0.4, -0.2) is 30.4 Å². The molecule has 1 aliphatic carbocycles. The Morgan fingerprint density at radius 3 is 1.80 bits per heavy atom. The molecule has 1 fully saturated rings. The fraction of sp³-hybridized carbons (Fsp3) is 0.0625. The standard InChI is InChI=1S/C20H13N.C20H15N.C10H8BO2.C10H8BrN.C4H8O.Cu.HI/c1-2-8-15-13(5-1)11-12-17-16-9-3-6-14-7-4-10-18(19(14)16)21-20(15)17;21-19-10-4-8-15-7-3-9-18(20(15)19)17-12-11-14-5-1-2-6-16(14)13-17;12-11(13)10-6-5-8-3-1-2-4-9(8)7-10;11-8-5-1-3-7-4-2-6-9(12)10(7)8;1-2-4-5-3-1;;/h1-12,21H;1-13H,21H2;2-7,12-13H;1-6H,12H2;1-4H2;;1H/q;;+1;;;+1;/p-1. The van der Waals surface area contributed by atoms with Crippen molar-refractivity contribution < 1.29 is 27.5 Å². The van der Waals surface area contributed by atoms with Crippen molar-refractivity contribution in [1.82, 2.24) is 0 Å². The number of hydrogen-bond donors (Lipinski definition) is 5. The molecule has 0 atom stereocenters. The van der Waals surface area contributed by atoms with Gasteiger partial charge >= 0.3 is 40.2 Å². The number of allylic oxidation sites excluding steroid dienone is 2. The van der Waals surface area contributed by atoms with Gasteiger partial charge in [-0.15, -0.1) is 0 Å². The summed E-state index contributed by atoms with van der Waals surface area (Å²) in [6.45, 7) is 2.00. The second-order valence-electron chi connectivity index (χ2n) is 17.8. The first-order valence-electron chi connectivity index (χ1n) is 24.3. The van der Waals surface area contributed by atoms with Gasteiger partial charge in [0.15, 0.2) is 0 Å². The van der Waals surface area contributed by atoms with Gasteiger partial charge in [-0.1, -0.05) is 174 Å². The van der Waals surface area contributed by atoms with Crippen molar-refractivity contribution in [2.75, 3.05) is 30.0 Å². The van der Waals surface area contributed by atoms with Gasteiger partial charge in [0.2, 0.25) is 0 Å². The van der Waals surface area contributed by atoms with Gasteiger partial charge in [0, 0.05) is 74.0 Å². The molecule has 74 heavy (non-hydrogen) atoms. The van der Waals surface area contributed by atoms with Crippen molar-refractivity contribution in [3.63, 3.8) is 0 Å². The van der Waals surface area contributed by atoms with Gasteiger partial charge in [0.1, 0.15) is 12.2 Å². The molecule has 0 aromatic heterocycles. The number of fused-ring (bicyclic) bond motifs is 8. The Hall–Kier alpha value is -6.82. The Morgan fingerprint density at radius 2 is 1.11 bits per heavy atom.